The standard InChI is InChI=1S/C19H21N3O2/c1-24-15-6-4-5-14(13-15)9-10-19(23)20-12-11-18-21-16-7-2-3-8-17(16)22-18/h2-8,13H,9-12H2,1H3,(H,20,23)(H,21,22). The summed E-state index contributed by atoms with van der Waals surface area (Å²) in [5, 5.41) is 2.94. The smallest absolute Gasteiger partial charge is 0.220 e. The summed E-state index contributed by atoms with van der Waals surface area (Å²) < 4.78 is 5.19. The zero-order valence-electron chi connectivity index (χ0n) is 13.7. The molecule has 0 fully saturated rings. The van der Waals surface area contributed by atoms with Gasteiger partial charge in [-0.25, -0.2) is 4.98 Å². The van der Waals surface area contributed by atoms with Gasteiger partial charge in [0.25, 0.3) is 0 Å². The van der Waals surface area contributed by atoms with Crippen LogP contribution in [0.25, 0.3) is 11.0 Å². The average Bonchev–Trinajstić information content (AvgIpc) is 3.03. The highest BCUT2D eigenvalue weighted by atomic mass is 16.5. The minimum atomic E-state index is 0.0499. The minimum absolute atomic E-state index is 0.0499. The Balaban J connectivity index is 1.43. The SMILES string of the molecule is COc1cccc(CCC(=O)NCCc2nc3ccccc3[nH]2)c1. The molecule has 0 unspecified atom stereocenters. The first kappa shape index (κ1) is 16.1. The molecule has 0 aliphatic heterocycles. The zero-order chi connectivity index (χ0) is 16.8. The van der Waals surface area contributed by atoms with Crippen molar-refractivity contribution in [2.24, 2.45) is 0 Å². The second kappa shape index (κ2) is 7.64. The third kappa shape index (κ3) is 4.13. The first-order chi connectivity index (χ1) is 11.7. The molecule has 0 saturated heterocycles. The molecule has 0 atom stereocenters. The molecular weight excluding hydrogens is 302 g/mol. The van der Waals surface area contributed by atoms with Crippen molar-refractivity contribution in [3.8, 4) is 5.75 Å². The molecule has 5 nitrogen and oxygen atoms in total. The number of nitrogens with one attached hydrogen (secondary N) is 2. The van der Waals surface area contributed by atoms with Gasteiger partial charge in [-0.2, -0.15) is 0 Å². The molecule has 5 heteroatoms. The van der Waals surface area contributed by atoms with Crippen molar-refractivity contribution >= 4 is 16.9 Å². The summed E-state index contributed by atoms with van der Waals surface area (Å²) in [4.78, 5) is 19.7. The third-order valence-electron chi connectivity index (χ3n) is 3.90. The van der Waals surface area contributed by atoms with E-state index in [9.17, 15) is 4.79 Å². The number of aryl methyl sites for hydroxylation is 1. The lowest BCUT2D eigenvalue weighted by Gasteiger charge is -2.06. The van der Waals surface area contributed by atoms with Crippen LogP contribution in [0.3, 0.4) is 0 Å². The topological polar surface area (TPSA) is 67.0 Å². The van der Waals surface area contributed by atoms with E-state index in [1.54, 1.807) is 7.11 Å². The molecule has 0 aliphatic carbocycles. The number of ether oxygens (including phenoxy) is 1. The quantitative estimate of drug-likeness (QED) is 0.702. The van der Waals surface area contributed by atoms with Gasteiger partial charge < -0.3 is 15.0 Å². The molecule has 24 heavy (non-hydrogen) atoms. The fourth-order valence-corrected chi connectivity index (χ4v) is 2.62. The van der Waals surface area contributed by atoms with Gasteiger partial charge in [-0.15, -0.1) is 0 Å². The van der Waals surface area contributed by atoms with Crippen molar-refractivity contribution < 1.29 is 9.53 Å². The van der Waals surface area contributed by atoms with Gasteiger partial charge in [-0.05, 0) is 36.2 Å². The van der Waals surface area contributed by atoms with Gasteiger partial charge in [0.1, 0.15) is 11.6 Å². The second-order valence-corrected chi connectivity index (χ2v) is 5.65. The van der Waals surface area contributed by atoms with Gasteiger partial charge in [-0.1, -0.05) is 24.3 Å². The normalized spacial score (nSPS) is 10.7. The van der Waals surface area contributed by atoms with E-state index in [1.165, 1.54) is 0 Å². The van der Waals surface area contributed by atoms with Gasteiger partial charge in [0.05, 0.1) is 18.1 Å². The maximum atomic E-state index is 12.0. The summed E-state index contributed by atoms with van der Waals surface area (Å²) in [5.41, 5.74) is 3.08. The summed E-state index contributed by atoms with van der Waals surface area (Å²) in [6.07, 6.45) is 1.86. The molecule has 0 aliphatic rings. The molecule has 124 valence electrons. The van der Waals surface area contributed by atoms with E-state index in [4.69, 9.17) is 4.74 Å². The number of methoxy groups -OCH3 is 1. The molecule has 1 amide bonds. The van der Waals surface area contributed by atoms with Crippen LogP contribution < -0.4 is 10.1 Å². The number of aromatic nitrogens is 2. The molecule has 1 heterocycles. The van der Waals surface area contributed by atoms with Crippen molar-refractivity contribution in [1.82, 2.24) is 15.3 Å². The number of fused-ring (bicyclic) bond motifs is 1. The minimum Gasteiger partial charge on any atom is -0.497 e. The summed E-state index contributed by atoms with van der Waals surface area (Å²) in [6.45, 7) is 0.580. The molecule has 1 aromatic heterocycles. The maximum absolute atomic E-state index is 12.0. The van der Waals surface area contributed by atoms with Gasteiger partial charge in [-0.3, -0.25) is 4.79 Å². The van der Waals surface area contributed by atoms with Crippen LogP contribution in [0.5, 0.6) is 5.75 Å². The highest BCUT2D eigenvalue weighted by Gasteiger charge is 2.05. The Kier molecular flexibility index (Phi) is 5.11. The van der Waals surface area contributed by atoms with Crippen LogP contribution in [0.15, 0.2) is 48.5 Å². The molecular formula is C19H21N3O2. The number of aromatic amines is 1. The van der Waals surface area contributed by atoms with Crippen molar-refractivity contribution in [2.75, 3.05) is 13.7 Å². The molecule has 0 bridgehead atoms. The van der Waals surface area contributed by atoms with Crippen LogP contribution in [0.4, 0.5) is 0 Å². The number of rotatable bonds is 7. The van der Waals surface area contributed by atoms with E-state index in [0.717, 1.165) is 28.2 Å². The van der Waals surface area contributed by atoms with Crippen LogP contribution in [0, 0.1) is 0 Å². The fourth-order valence-electron chi connectivity index (χ4n) is 2.62. The average molecular weight is 323 g/mol. The van der Waals surface area contributed by atoms with Crippen molar-refractivity contribution in [3.63, 3.8) is 0 Å². The van der Waals surface area contributed by atoms with E-state index in [1.807, 2.05) is 48.5 Å². The number of hydrogen-bond acceptors (Lipinski definition) is 3. The van der Waals surface area contributed by atoms with Crippen LogP contribution in [0.1, 0.15) is 17.8 Å². The molecule has 2 aromatic carbocycles. The van der Waals surface area contributed by atoms with Gasteiger partial charge >= 0.3 is 0 Å². The van der Waals surface area contributed by atoms with Gasteiger partial charge in [0.15, 0.2) is 0 Å². The molecule has 2 N–H and O–H groups in total. The molecule has 3 rings (SSSR count). The summed E-state index contributed by atoms with van der Waals surface area (Å²) in [7, 11) is 1.64. The number of hydrogen-bond donors (Lipinski definition) is 2. The Morgan fingerprint density at radius 1 is 1.17 bits per heavy atom. The Labute approximate surface area is 141 Å². The van der Waals surface area contributed by atoms with E-state index in [2.05, 4.69) is 15.3 Å². The van der Waals surface area contributed by atoms with Gasteiger partial charge in [0, 0.05) is 19.4 Å². The first-order valence-corrected chi connectivity index (χ1v) is 8.08. The van der Waals surface area contributed by atoms with E-state index in [-0.39, 0.29) is 5.91 Å². The van der Waals surface area contributed by atoms with E-state index < -0.39 is 0 Å². The number of benzene rings is 2. The monoisotopic (exact) mass is 323 g/mol. The van der Waals surface area contributed by atoms with Crippen molar-refractivity contribution in [2.45, 2.75) is 19.3 Å². The number of amides is 1. The number of H-pyrrole nitrogens is 1. The van der Waals surface area contributed by atoms with Crippen LogP contribution in [-0.2, 0) is 17.6 Å². The highest BCUT2D eigenvalue weighted by Crippen LogP contribution is 2.14. The van der Waals surface area contributed by atoms with Crippen LogP contribution in [0.2, 0.25) is 0 Å². The third-order valence-corrected chi connectivity index (χ3v) is 3.90. The number of imidazole rings is 1. The summed E-state index contributed by atoms with van der Waals surface area (Å²) >= 11 is 0. The lowest BCUT2D eigenvalue weighted by atomic mass is 10.1. The lowest BCUT2D eigenvalue weighted by molar-refractivity contribution is -0.121. The Morgan fingerprint density at radius 3 is 2.88 bits per heavy atom. The lowest BCUT2D eigenvalue weighted by Crippen LogP contribution is -2.26. The predicted octanol–water partition coefficient (Wildman–Crippen LogP) is 2.86. The molecule has 0 spiro atoms. The molecule has 0 saturated carbocycles. The largest absolute Gasteiger partial charge is 0.497 e. The van der Waals surface area contributed by atoms with Crippen LogP contribution >= 0.6 is 0 Å². The Morgan fingerprint density at radius 2 is 2.04 bits per heavy atom. The van der Waals surface area contributed by atoms with Crippen molar-refractivity contribution in [1.29, 1.82) is 0 Å². The van der Waals surface area contributed by atoms with Crippen molar-refractivity contribution in [3.05, 3.63) is 59.9 Å². The Hall–Kier alpha value is -2.82. The molecule has 3 aromatic rings. The summed E-state index contributed by atoms with van der Waals surface area (Å²) in [6, 6.07) is 15.7. The number of carbonyl (C=O) groups excluding carboxylic acids is 1. The zero-order valence-corrected chi connectivity index (χ0v) is 13.7. The molecule has 0 radical (unpaired) electrons. The Bertz CT molecular complexity index is 793. The number of nitrogens with zero attached hydrogens (tertiary/aromatic N) is 1. The number of para-hydroxylation sites is 2. The first-order valence-electron chi connectivity index (χ1n) is 8.08. The predicted molar refractivity (Wildman–Crippen MR) is 94.1 cm³/mol. The number of carbonyl (C=O) groups is 1. The van der Waals surface area contributed by atoms with Crippen LogP contribution in [-0.4, -0.2) is 29.5 Å². The van der Waals surface area contributed by atoms with Gasteiger partial charge in [0.2, 0.25) is 5.91 Å². The second-order valence-electron chi connectivity index (χ2n) is 5.65. The highest BCUT2D eigenvalue weighted by molar-refractivity contribution is 5.76. The summed E-state index contributed by atoms with van der Waals surface area (Å²) in [5.74, 6) is 1.76. The van der Waals surface area contributed by atoms with E-state index >= 15 is 0 Å². The maximum Gasteiger partial charge on any atom is 0.220 e. The fraction of sp³-hybridized carbons (Fsp3) is 0.263. The van der Waals surface area contributed by atoms with E-state index in [0.29, 0.717) is 25.8 Å².